The number of hydrogen-bond acceptors (Lipinski definition) is 4. The van der Waals surface area contributed by atoms with Gasteiger partial charge in [0.1, 0.15) is 22.3 Å². The Morgan fingerprint density at radius 2 is 2.00 bits per heavy atom. The Balaban J connectivity index is 2.38. The van der Waals surface area contributed by atoms with Crippen molar-refractivity contribution >= 4 is 28.8 Å². The van der Waals surface area contributed by atoms with Crippen LogP contribution in [0.1, 0.15) is 11.4 Å². The quantitative estimate of drug-likeness (QED) is 0.845. The first-order valence-corrected chi connectivity index (χ1v) is 5.74. The minimum absolute atomic E-state index is 0.0560. The number of benzene rings is 1. The van der Waals surface area contributed by atoms with Gasteiger partial charge in [-0.15, -0.1) is 0 Å². The van der Waals surface area contributed by atoms with Gasteiger partial charge >= 0.3 is 0 Å². The largest absolute Gasteiger partial charge is 0.388 e. The Labute approximate surface area is 113 Å². The highest BCUT2D eigenvalue weighted by Crippen LogP contribution is 2.19. The molecule has 0 unspecified atom stereocenters. The van der Waals surface area contributed by atoms with E-state index in [1.165, 1.54) is 0 Å². The molecule has 0 amide bonds. The number of nitrogens with one attached hydrogen (secondary N) is 1. The fourth-order valence-electron chi connectivity index (χ4n) is 1.46. The lowest BCUT2D eigenvalue weighted by Crippen LogP contribution is -2.14. The SMILES string of the molecule is Cc1cc(C(N)=S)nc(Nc2cc(F)ccc2F)n1. The van der Waals surface area contributed by atoms with Crippen molar-refractivity contribution in [3.8, 4) is 0 Å². The van der Waals surface area contributed by atoms with Crippen LogP contribution in [0.2, 0.25) is 0 Å². The molecule has 0 radical (unpaired) electrons. The van der Waals surface area contributed by atoms with E-state index in [2.05, 4.69) is 15.3 Å². The highest BCUT2D eigenvalue weighted by Gasteiger charge is 2.08. The molecule has 0 aliphatic carbocycles. The molecule has 3 N–H and O–H groups in total. The van der Waals surface area contributed by atoms with Crippen molar-refractivity contribution in [2.45, 2.75) is 6.92 Å². The summed E-state index contributed by atoms with van der Waals surface area (Å²) in [6.45, 7) is 1.72. The van der Waals surface area contributed by atoms with E-state index >= 15 is 0 Å². The summed E-state index contributed by atoms with van der Waals surface area (Å²) in [4.78, 5) is 8.18. The van der Waals surface area contributed by atoms with Crippen LogP contribution in [0.5, 0.6) is 0 Å². The van der Waals surface area contributed by atoms with E-state index in [4.69, 9.17) is 18.0 Å². The first kappa shape index (κ1) is 13.3. The maximum atomic E-state index is 13.5. The fourth-order valence-corrected chi connectivity index (χ4v) is 1.57. The molecule has 1 aromatic carbocycles. The normalized spacial score (nSPS) is 10.3. The third-order valence-corrected chi connectivity index (χ3v) is 2.49. The van der Waals surface area contributed by atoms with Crippen molar-refractivity contribution in [1.29, 1.82) is 0 Å². The van der Waals surface area contributed by atoms with Gasteiger partial charge in [-0.25, -0.2) is 18.7 Å². The molecule has 19 heavy (non-hydrogen) atoms. The van der Waals surface area contributed by atoms with Crippen LogP contribution in [0.4, 0.5) is 20.4 Å². The zero-order chi connectivity index (χ0) is 14.0. The topological polar surface area (TPSA) is 63.8 Å². The molecule has 0 aliphatic rings. The average molecular weight is 280 g/mol. The van der Waals surface area contributed by atoms with E-state index in [0.717, 1.165) is 18.2 Å². The first-order valence-electron chi connectivity index (χ1n) is 5.33. The summed E-state index contributed by atoms with van der Waals surface area (Å²) in [6, 6.07) is 4.66. The molecule has 0 bridgehead atoms. The van der Waals surface area contributed by atoms with Gasteiger partial charge in [-0.3, -0.25) is 0 Å². The Morgan fingerprint density at radius 3 is 2.68 bits per heavy atom. The minimum atomic E-state index is -0.608. The molecule has 0 aliphatic heterocycles. The van der Waals surface area contributed by atoms with Crippen LogP contribution in [0, 0.1) is 18.6 Å². The van der Waals surface area contributed by atoms with Crippen molar-refractivity contribution in [2.75, 3.05) is 5.32 Å². The molecule has 0 saturated heterocycles. The van der Waals surface area contributed by atoms with Crippen LogP contribution < -0.4 is 11.1 Å². The lowest BCUT2D eigenvalue weighted by Gasteiger charge is -2.08. The summed E-state index contributed by atoms with van der Waals surface area (Å²) in [6.07, 6.45) is 0. The number of aromatic nitrogens is 2. The Hall–Kier alpha value is -2.15. The molecule has 4 nitrogen and oxygen atoms in total. The smallest absolute Gasteiger partial charge is 0.228 e. The van der Waals surface area contributed by atoms with Gasteiger partial charge in [-0.05, 0) is 25.1 Å². The number of thiocarbonyl (C=S) groups is 1. The Morgan fingerprint density at radius 1 is 1.26 bits per heavy atom. The van der Waals surface area contributed by atoms with E-state index < -0.39 is 11.6 Å². The second-order valence-electron chi connectivity index (χ2n) is 3.83. The summed E-state index contributed by atoms with van der Waals surface area (Å²) in [5.74, 6) is -1.07. The molecule has 2 rings (SSSR count). The minimum Gasteiger partial charge on any atom is -0.388 e. The number of anilines is 2. The van der Waals surface area contributed by atoms with Crippen molar-refractivity contribution in [2.24, 2.45) is 5.73 Å². The summed E-state index contributed by atoms with van der Waals surface area (Å²) in [5, 5.41) is 2.60. The molecular weight excluding hydrogens is 270 g/mol. The van der Waals surface area contributed by atoms with Gasteiger partial charge in [0.25, 0.3) is 0 Å². The second kappa shape index (κ2) is 5.23. The predicted octanol–water partition coefficient (Wildman–Crippen LogP) is 2.44. The average Bonchev–Trinajstić information content (AvgIpc) is 2.33. The van der Waals surface area contributed by atoms with Gasteiger partial charge < -0.3 is 11.1 Å². The Kier molecular flexibility index (Phi) is 3.66. The van der Waals surface area contributed by atoms with Crippen LogP contribution in [-0.2, 0) is 0 Å². The molecule has 7 heteroatoms. The third-order valence-electron chi connectivity index (χ3n) is 2.28. The van der Waals surface area contributed by atoms with Gasteiger partial charge in [0, 0.05) is 11.8 Å². The van der Waals surface area contributed by atoms with E-state index in [0.29, 0.717) is 11.4 Å². The molecule has 1 aromatic heterocycles. The first-order chi connectivity index (χ1) is 8.95. The molecule has 98 valence electrons. The monoisotopic (exact) mass is 280 g/mol. The van der Waals surface area contributed by atoms with Crippen LogP contribution in [-0.4, -0.2) is 15.0 Å². The van der Waals surface area contributed by atoms with Gasteiger partial charge in [0.05, 0.1) is 5.69 Å². The number of nitrogens with two attached hydrogens (primary N) is 1. The van der Waals surface area contributed by atoms with Crippen LogP contribution in [0.25, 0.3) is 0 Å². The van der Waals surface area contributed by atoms with Crippen molar-refractivity contribution < 1.29 is 8.78 Å². The highest BCUT2D eigenvalue weighted by atomic mass is 32.1. The summed E-state index contributed by atoms with van der Waals surface area (Å²) in [5.41, 5.74) is 6.39. The number of aryl methyl sites for hydroxylation is 1. The zero-order valence-electron chi connectivity index (χ0n) is 9.95. The van der Waals surface area contributed by atoms with Crippen LogP contribution in [0.15, 0.2) is 24.3 Å². The predicted molar refractivity (Wildman–Crippen MR) is 72.3 cm³/mol. The highest BCUT2D eigenvalue weighted by molar-refractivity contribution is 7.80. The van der Waals surface area contributed by atoms with Gasteiger partial charge in [0.2, 0.25) is 5.95 Å². The summed E-state index contributed by atoms with van der Waals surface area (Å²) in [7, 11) is 0. The molecule has 0 atom stereocenters. The lowest BCUT2D eigenvalue weighted by molar-refractivity contribution is 0.603. The number of nitrogens with zero attached hydrogens (tertiary/aromatic N) is 2. The van der Waals surface area contributed by atoms with Crippen LogP contribution in [0.3, 0.4) is 0 Å². The maximum Gasteiger partial charge on any atom is 0.228 e. The molecule has 0 spiro atoms. The van der Waals surface area contributed by atoms with Crippen LogP contribution >= 0.6 is 12.2 Å². The van der Waals surface area contributed by atoms with Gasteiger partial charge in [-0.1, -0.05) is 12.2 Å². The number of hydrogen-bond donors (Lipinski definition) is 2. The molecular formula is C12H10F2N4S. The van der Waals surface area contributed by atoms with Crippen molar-refractivity contribution in [1.82, 2.24) is 9.97 Å². The summed E-state index contributed by atoms with van der Waals surface area (Å²) >= 11 is 4.82. The van der Waals surface area contributed by atoms with Crippen molar-refractivity contribution in [3.63, 3.8) is 0 Å². The van der Waals surface area contributed by atoms with Gasteiger partial charge in [0.15, 0.2) is 0 Å². The fraction of sp³-hybridized carbons (Fsp3) is 0.0833. The molecule has 2 aromatic rings. The summed E-state index contributed by atoms with van der Waals surface area (Å²) < 4.78 is 26.5. The Bertz CT molecular complexity index is 646. The molecule has 0 saturated carbocycles. The van der Waals surface area contributed by atoms with E-state index in [1.807, 2.05) is 0 Å². The number of rotatable bonds is 3. The zero-order valence-corrected chi connectivity index (χ0v) is 10.8. The van der Waals surface area contributed by atoms with E-state index in [1.54, 1.807) is 13.0 Å². The van der Waals surface area contributed by atoms with Gasteiger partial charge in [-0.2, -0.15) is 0 Å². The molecule has 0 fully saturated rings. The maximum absolute atomic E-state index is 13.5. The van der Waals surface area contributed by atoms with E-state index in [-0.39, 0.29) is 16.6 Å². The molecule has 1 heterocycles. The lowest BCUT2D eigenvalue weighted by atomic mass is 10.3. The second-order valence-corrected chi connectivity index (χ2v) is 4.27. The van der Waals surface area contributed by atoms with Crippen molar-refractivity contribution in [3.05, 3.63) is 47.3 Å². The van der Waals surface area contributed by atoms with E-state index in [9.17, 15) is 8.78 Å². The standard InChI is InChI=1S/C12H10F2N4S/c1-6-4-10(11(15)19)18-12(16-6)17-9-5-7(13)2-3-8(9)14/h2-5H,1H3,(H2,15,19)(H,16,17,18). The number of halogens is 2. The third kappa shape index (κ3) is 3.19.